The van der Waals surface area contributed by atoms with Crippen molar-refractivity contribution in [1.82, 2.24) is 9.55 Å². The second-order valence-corrected chi connectivity index (χ2v) is 9.87. The minimum Gasteiger partial charge on any atom is -0.309 e. The van der Waals surface area contributed by atoms with Crippen LogP contribution in [0.3, 0.4) is 0 Å². The molecule has 0 radical (unpaired) electrons. The van der Waals surface area contributed by atoms with Gasteiger partial charge in [-0.25, -0.2) is 9.37 Å². The summed E-state index contributed by atoms with van der Waals surface area (Å²) in [5, 5.41) is 6.03. The molecule has 4 aromatic rings. The molecule has 1 saturated carbocycles. The average Bonchev–Trinajstić information content (AvgIpc) is 3.57. The minimum absolute atomic E-state index is 0.160. The van der Waals surface area contributed by atoms with Crippen LogP contribution in [0.5, 0.6) is 0 Å². The van der Waals surface area contributed by atoms with Crippen molar-refractivity contribution in [1.29, 1.82) is 0 Å². The van der Waals surface area contributed by atoms with Crippen molar-refractivity contribution in [2.45, 2.75) is 36.2 Å². The molecule has 0 unspecified atom stereocenters. The lowest BCUT2D eigenvalue weighted by atomic mass is 9.95. The van der Waals surface area contributed by atoms with Crippen molar-refractivity contribution >= 4 is 34.3 Å². The summed E-state index contributed by atoms with van der Waals surface area (Å²) in [5.41, 5.74) is 3.31. The molecule has 1 amide bonds. The van der Waals surface area contributed by atoms with E-state index >= 15 is 0 Å². The number of nitrogens with one attached hydrogen (secondary N) is 1. The molecule has 170 valence electrons. The van der Waals surface area contributed by atoms with Gasteiger partial charge in [0.25, 0.3) is 5.56 Å². The first-order valence-corrected chi connectivity index (χ1v) is 12.4. The van der Waals surface area contributed by atoms with Crippen LogP contribution < -0.4 is 10.9 Å². The van der Waals surface area contributed by atoms with Crippen LogP contribution in [0.2, 0.25) is 0 Å². The number of thioether (sulfide) groups is 1. The highest BCUT2D eigenvalue weighted by molar-refractivity contribution is 7.99. The molecule has 0 saturated heterocycles. The van der Waals surface area contributed by atoms with Gasteiger partial charge in [-0.05, 0) is 64.8 Å². The third-order valence-corrected chi connectivity index (χ3v) is 7.72. The van der Waals surface area contributed by atoms with E-state index in [1.807, 2.05) is 12.1 Å². The summed E-state index contributed by atoms with van der Waals surface area (Å²) in [5.74, 6) is 0.410. The predicted octanol–water partition coefficient (Wildman–Crippen LogP) is 5.29. The summed E-state index contributed by atoms with van der Waals surface area (Å²) in [6, 6.07) is 18.4. The number of hydrogen-bond acceptors (Lipinski definition) is 4. The molecule has 2 aromatic heterocycles. The number of hydrogen-bond donors (Lipinski definition) is 1. The van der Waals surface area contributed by atoms with Gasteiger partial charge >= 0.3 is 0 Å². The maximum Gasteiger partial charge on any atom is 0.252 e. The first-order valence-electron chi connectivity index (χ1n) is 11.4. The molecule has 5 nitrogen and oxygen atoms in total. The van der Waals surface area contributed by atoms with E-state index in [0.29, 0.717) is 18.1 Å². The second kappa shape index (κ2) is 8.40. The Morgan fingerprint density at radius 2 is 1.91 bits per heavy atom. The van der Waals surface area contributed by atoms with Crippen LogP contribution in [-0.2, 0) is 11.2 Å². The van der Waals surface area contributed by atoms with Crippen LogP contribution in [0.15, 0.2) is 76.7 Å². The summed E-state index contributed by atoms with van der Waals surface area (Å²) in [6.07, 6.45) is 3.95. The molecule has 2 aromatic carbocycles. The Hall–Kier alpha value is -3.45. The zero-order chi connectivity index (χ0) is 23.2. The Kier molecular flexibility index (Phi) is 5.21. The molecule has 3 heterocycles. The van der Waals surface area contributed by atoms with Crippen LogP contribution in [0, 0.1) is 5.82 Å². The molecule has 34 heavy (non-hydrogen) atoms. The number of fused-ring (bicyclic) bond motifs is 2. The van der Waals surface area contributed by atoms with Gasteiger partial charge in [-0.3, -0.25) is 14.2 Å². The third-order valence-electron chi connectivity index (χ3n) is 6.55. The molecule has 1 aliphatic heterocycles. The van der Waals surface area contributed by atoms with Crippen LogP contribution in [0.25, 0.3) is 10.8 Å². The van der Waals surface area contributed by atoms with Crippen molar-refractivity contribution in [3.05, 3.63) is 99.7 Å². The highest BCUT2D eigenvalue weighted by Crippen LogP contribution is 2.48. The van der Waals surface area contributed by atoms with Gasteiger partial charge < -0.3 is 5.32 Å². The minimum atomic E-state index is -0.622. The number of halogens is 1. The van der Waals surface area contributed by atoms with Gasteiger partial charge in [-0.15, -0.1) is 11.8 Å². The second-order valence-electron chi connectivity index (χ2n) is 8.86. The van der Waals surface area contributed by atoms with Gasteiger partial charge in [0.1, 0.15) is 17.7 Å². The Labute approximate surface area is 200 Å². The topological polar surface area (TPSA) is 64.0 Å². The van der Waals surface area contributed by atoms with Crippen LogP contribution in [0.4, 0.5) is 10.2 Å². The number of amides is 1. The number of nitrogens with zero attached hydrogens (tertiary/aromatic N) is 2. The highest BCUT2D eigenvalue weighted by atomic mass is 32.2. The number of anilines is 1. The number of carbonyl (C=O) groups excluding carboxylic acids is 1. The van der Waals surface area contributed by atoms with E-state index in [9.17, 15) is 14.0 Å². The maximum atomic E-state index is 13.3. The van der Waals surface area contributed by atoms with Crippen LogP contribution in [-0.4, -0.2) is 21.2 Å². The van der Waals surface area contributed by atoms with E-state index < -0.39 is 11.9 Å². The molecule has 6 rings (SSSR count). The third kappa shape index (κ3) is 3.80. The number of benzene rings is 2. The van der Waals surface area contributed by atoms with Gasteiger partial charge in [0.2, 0.25) is 5.91 Å². The smallest absolute Gasteiger partial charge is 0.252 e. The zero-order valence-electron chi connectivity index (χ0n) is 18.3. The van der Waals surface area contributed by atoms with E-state index in [4.69, 9.17) is 0 Å². The lowest BCUT2D eigenvalue weighted by Crippen LogP contribution is -2.33. The van der Waals surface area contributed by atoms with Gasteiger partial charge in [-0.2, -0.15) is 0 Å². The lowest BCUT2D eigenvalue weighted by molar-refractivity contribution is -0.118. The highest BCUT2D eigenvalue weighted by Gasteiger charge is 2.37. The Morgan fingerprint density at radius 3 is 2.71 bits per heavy atom. The monoisotopic (exact) mass is 471 g/mol. The van der Waals surface area contributed by atoms with Crippen molar-refractivity contribution in [3.63, 3.8) is 0 Å². The molecule has 1 atom stereocenters. The molecule has 2 aliphatic rings. The number of pyridine rings is 2. The van der Waals surface area contributed by atoms with E-state index in [1.165, 1.54) is 34.0 Å². The molecule has 1 aliphatic carbocycles. The summed E-state index contributed by atoms with van der Waals surface area (Å²) in [7, 11) is 0. The van der Waals surface area contributed by atoms with Crippen LogP contribution >= 0.6 is 11.8 Å². The number of carbonyl (C=O) groups is 1. The molecule has 1 fully saturated rings. The first kappa shape index (κ1) is 21.1. The van der Waals surface area contributed by atoms with E-state index in [0.717, 1.165) is 29.6 Å². The first-order chi connectivity index (χ1) is 16.6. The molecular formula is C27H22FN3O2S. The van der Waals surface area contributed by atoms with E-state index in [2.05, 4.69) is 40.6 Å². The summed E-state index contributed by atoms with van der Waals surface area (Å²) < 4.78 is 14.8. The molecule has 1 N–H and O–H groups in total. The Balaban J connectivity index is 1.37. The average molecular weight is 472 g/mol. The summed E-state index contributed by atoms with van der Waals surface area (Å²) in [4.78, 5) is 30.2. The maximum absolute atomic E-state index is 13.3. The van der Waals surface area contributed by atoms with Gasteiger partial charge in [0.05, 0.1) is 11.2 Å². The zero-order valence-corrected chi connectivity index (χ0v) is 19.1. The van der Waals surface area contributed by atoms with Gasteiger partial charge in [0.15, 0.2) is 0 Å². The normalized spacial score (nSPS) is 17.0. The van der Waals surface area contributed by atoms with Crippen molar-refractivity contribution in [3.8, 4) is 0 Å². The Bertz CT molecular complexity index is 1470. The SMILES string of the molecule is O=C(Nc1ccc(F)cn1)[C@@H]1CSc2c(C3CC3)c(Cc3cccc4ccccc34)cc(=O)n21. The Morgan fingerprint density at radius 1 is 1.09 bits per heavy atom. The van der Waals surface area contributed by atoms with Crippen LogP contribution in [0.1, 0.15) is 41.5 Å². The van der Waals surface area contributed by atoms with E-state index in [-0.39, 0.29) is 17.3 Å². The lowest BCUT2D eigenvalue weighted by Gasteiger charge is -2.18. The largest absolute Gasteiger partial charge is 0.309 e. The standard InChI is InChI=1S/C27H22FN3O2S/c28-20-10-11-23(29-14-20)30-26(33)22-15-34-27-25(17-8-9-17)19(13-24(32)31(22)27)12-18-6-3-5-16-4-1-2-7-21(16)18/h1-7,10-11,13-14,17,22H,8-9,12,15H2,(H,29,30,33)/t22-/m0/s1. The predicted molar refractivity (Wildman–Crippen MR) is 132 cm³/mol. The van der Waals surface area contributed by atoms with Crippen molar-refractivity contribution < 1.29 is 9.18 Å². The summed E-state index contributed by atoms with van der Waals surface area (Å²) in [6.45, 7) is 0. The molecular weight excluding hydrogens is 449 g/mol. The summed E-state index contributed by atoms with van der Waals surface area (Å²) >= 11 is 1.58. The fourth-order valence-corrected chi connectivity index (χ4v) is 6.22. The van der Waals surface area contributed by atoms with Gasteiger partial charge in [0, 0.05) is 11.8 Å². The fourth-order valence-electron chi connectivity index (χ4n) is 4.80. The fraction of sp³-hybridized carbons (Fsp3) is 0.222. The molecule has 0 bridgehead atoms. The number of aromatic nitrogens is 2. The number of rotatable bonds is 5. The molecule has 7 heteroatoms. The van der Waals surface area contributed by atoms with Gasteiger partial charge in [-0.1, -0.05) is 42.5 Å². The molecule has 0 spiro atoms. The van der Waals surface area contributed by atoms with E-state index in [1.54, 1.807) is 22.4 Å². The van der Waals surface area contributed by atoms with Crippen molar-refractivity contribution in [2.24, 2.45) is 0 Å². The van der Waals surface area contributed by atoms with Crippen molar-refractivity contribution in [2.75, 3.05) is 11.1 Å². The quantitative estimate of drug-likeness (QED) is 0.430.